The second kappa shape index (κ2) is 7.77. The minimum absolute atomic E-state index is 0.0733. The summed E-state index contributed by atoms with van der Waals surface area (Å²) in [5.41, 5.74) is 1.75. The van der Waals surface area contributed by atoms with E-state index in [0.717, 1.165) is 11.5 Å². The highest BCUT2D eigenvalue weighted by Crippen LogP contribution is 2.30. The fourth-order valence-corrected chi connectivity index (χ4v) is 3.22. The zero-order valence-electron chi connectivity index (χ0n) is 15.5. The van der Waals surface area contributed by atoms with Crippen molar-refractivity contribution in [3.8, 4) is 11.5 Å². The summed E-state index contributed by atoms with van der Waals surface area (Å²) in [6, 6.07) is 12.9. The third kappa shape index (κ3) is 4.17. The Balaban J connectivity index is 1.25. The van der Waals surface area contributed by atoms with Crippen molar-refractivity contribution >= 4 is 22.6 Å². The molecule has 0 bridgehead atoms. The Hall–Kier alpha value is -3.26. The van der Waals surface area contributed by atoms with Gasteiger partial charge in [-0.3, -0.25) is 4.79 Å². The molecule has 2 aromatic carbocycles. The van der Waals surface area contributed by atoms with Crippen molar-refractivity contribution in [1.82, 2.24) is 14.9 Å². The van der Waals surface area contributed by atoms with Crippen molar-refractivity contribution in [2.24, 2.45) is 0 Å². The van der Waals surface area contributed by atoms with Crippen molar-refractivity contribution in [2.75, 3.05) is 32.1 Å². The molecule has 2 heterocycles. The SMILES string of the molecule is CN(CCC(=O)Nc1ccc2[nH]c(=O)[nH]c2c1)CC1COc2ccccc2O1. The Morgan fingerprint density at radius 3 is 2.82 bits per heavy atom. The predicted molar refractivity (Wildman–Crippen MR) is 106 cm³/mol. The number of rotatable bonds is 6. The number of carbonyl (C=O) groups is 1. The largest absolute Gasteiger partial charge is 0.486 e. The van der Waals surface area contributed by atoms with Gasteiger partial charge in [-0.25, -0.2) is 4.79 Å². The van der Waals surface area contributed by atoms with E-state index in [1.165, 1.54) is 0 Å². The topological polar surface area (TPSA) is 99.5 Å². The number of hydrogen-bond donors (Lipinski definition) is 3. The summed E-state index contributed by atoms with van der Waals surface area (Å²) in [7, 11) is 1.95. The molecular formula is C20H22N4O4. The molecule has 3 N–H and O–H groups in total. The van der Waals surface area contributed by atoms with E-state index in [1.54, 1.807) is 18.2 Å². The van der Waals surface area contributed by atoms with Crippen LogP contribution in [0.2, 0.25) is 0 Å². The van der Waals surface area contributed by atoms with Crippen LogP contribution in [0.3, 0.4) is 0 Å². The first kappa shape index (κ1) is 18.1. The Morgan fingerprint density at radius 2 is 1.96 bits per heavy atom. The first-order chi connectivity index (χ1) is 13.6. The van der Waals surface area contributed by atoms with Crippen LogP contribution in [-0.2, 0) is 4.79 Å². The van der Waals surface area contributed by atoms with Crippen LogP contribution in [0.5, 0.6) is 11.5 Å². The van der Waals surface area contributed by atoms with Gasteiger partial charge in [-0.1, -0.05) is 12.1 Å². The van der Waals surface area contributed by atoms with Gasteiger partial charge in [0.25, 0.3) is 0 Å². The molecule has 1 amide bonds. The summed E-state index contributed by atoms with van der Waals surface area (Å²) < 4.78 is 11.7. The first-order valence-electron chi connectivity index (χ1n) is 9.16. The number of amides is 1. The molecule has 0 saturated heterocycles. The average Bonchev–Trinajstić information content (AvgIpc) is 3.05. The molecule has 1 atom stereocenters. The maximum Gasteiger partial charge on any atom is 0.323 e. The van der Waals surface area contributed by atoms with Crippen molar-refractivity contribution in [2.45, 2.75) is 12.5 Å². The van der Waals surface area contributed by atoms with Gasteiger partial charge in [-0.15, -0.1) is 0 Å². The molecule has 0 fully saturated rings. The summed E-state index contributed by atoms with van der Waals surface area (Å²) in [5, 5.41) is 2.86. The number of imidazole rings is 1. The Labute approximate surface area is 161 Å². The molecule has 0 spiro atoms. The highest BCUT2D eigenvalue weighted by molar-refractivity contribution is 5.93. The zero-order valence-corrected chi connectivity index (χ0v) is 15.5. The minimum Gasteiger partial charge on any atom is -0.486 e. The molecule has 0 radical (unpaired) electrons. The molecule has 4 rings (SSSR count). The molecule has 0 saturated carbocycles. The number of benzene rings is 2. The lowest BCUT2D eigenvalue weighted by Crippen LogP contribution is -2.40. The van der Waals surface area contributed by atoms with Crippen molar-refractivity contribution in [3.63, 3.8) is 0 Å². The predicted octanol–water partition coefficient (Wildman–Crippen LogP) is 1.96. The number of nitrogens with one attached hydrogen (secondary N) is 3. The fourth-order valence-electron chi connectivity index (χ4n) is 3.22. The summed E-state index contributed by atoms with van der Waals surface area (Å²) in [4.78, 5) is 30.9. The Kier molecular flexibility index (Phi) is 5.03. The van der Waals surface area contributed by atoms with Crippen LogP contribution in [0.4, 0.5) is 5.69 Å². The Morgan fingerprint density at radius 1 is 1.18 bits per heavy atom. The van der Waals surface area contributed by atoms with E-state index >= 15 is 0 Å². The highest BCUT2D eigenvalue weighted by atomic mass is 16.6. The third-order valence-corrected chi connectivity index (χ3v) is 4.60. The Bertz CT molecular complexity index is 1040. The maximum absolute atomic E-state index is 12.2. The van der Waals surface area contributed by atoms with Gasteiger partial charge in [-0.05, 0) is 37.4 Å². The average molecular weight is 382 g/mol. The van der Waals surface area contributed by atoms with Crippen LogP contribution in [-0.4, -0.2) is 53.6 Å². The number of nitrogens with zero attached hydrogens (tertiary/aromatic N) is 1. The second-order valence-corrected chi connectivity index (χ2v) is 6.90. The van der Waals surface area contributed by atoms with E-state index in [-0.39, 0.29) is 17.7 Å². The standard InChI is InChI=1S/C20H22N4O4/c1-24(11-14-12-27-17-4-2-3-5-18(17)28-14)9-8-19(25)21-13-6-7-15-16(10-13)23-20(26)22-15/h2-7,10,14H,8-9,11-12H2,1H3,(H,21,25)(H2,22,23,26). The van der Waals surface area contributed by atoms with Gasteiger partial charge in [0.1, 0.15) is 12.7 Å². The lowest BCUT2D eigenvalue weighted by molar-refractivity contribution is -0.116. The number of aromatic amines is 2. The molecule has 1 aliphatic rings. The molecular weight excluding hydrogens is 360 g/mol. The highest BCUT2D eigenvalue weighted by Gasteiger charge is 2.22. The molecule has 8 heteroatoms. The van der Waals surface area contributed by atoms with Crippen molar-refractivity contribution in [3.05, 3.63) is 52.9 Å². The van der Waals surface area contributed by atoms with Gasteiger partial charge >= 0.3 is 5.69 Å². The van der Waals surface area contributed by atoms with Gasteiger partial charge in [0.2, 0.25) is 5.91 Å². The number of H-pyrrole nitrogens is 2. The lowest BCUT2D eigenvalue weighted by atomic mass is 10.2. The van der Waals surface area contributed by atoms with E-state index in [4.69, 9.17) is 9.47 Å². The molecule has 28 heavy (non-hydrogen) atoms. The van der Waals surface area contributed by atoms with Gasteiger partial charge < -0.3 is 29.7 Å². The van der Waals surface area contributed by atoms with Crippen LogP contribution < -0.4 is 20.5 Å². The first-order valence-corrected chi connectivity index (χ1v) is 9.16. The second-order valence-electron chi connectivity index (χ2n) is 6.90. The molecule has 8 nitrogen and oxygen atoms in total. The van der Waals surface area contributed by atoms with Crippen LogP contribution >= 0.6 is 0 Å². The van der Waals surface area contributed by atoms with Gasteiger partial charge in [0.05, 0.1) is 11.0 Å². The lowest BCUT2D eigenvalue weighted by Gasteiger charge is -2.29. The van der Waals surface area contributed by atoms with E-state index in [9.17, 15) is 9.59 Å². The summed E-state index contributed by atoms with van der Waals surface area (Å²) in [5.74, 6) is 1.43. The zero-order chi connectivity index (χ0) is 19.5. The summed E-state index contributed by atoms with van der Waals surface area (Å²) in [6.07, 6.45) is 0.276. The van der Waals surface area contributed by atoms with E-state index in [2.05, 4.69) is 15.3 Å². The van der Waals surface area contributed by atoms with Crippen LogP contribution in [0, 0.1) is 0 Å². The van der Waals surface area contributed by atoms with Crippen molar-refractivity contribution in [1.29, 1.82) is 0 Å². The maximum atomic E-state index is 12.2. The number of ether oxygens (including phenoxy) is 2. The number of likely N-dealkylation sites (N-methyl/N-ethyl adjacent to an activating group) is 1. The van der Waals surface area contributed by atoms with Gasteiger partial charge in [0, 0.05) is 25.2 Å². The smallest absolute Gasteiger partial charge is 0.323 e. The molecule has 3 aromatic rings. The van der Waals surface area contributed by atoms with E-state index in [0.29, 0.717) is 42.8 Å². The molecule has 1 aromatic heterocycles. The minimum atomic E-state index is -0.267. The van der Waals surface area contributed by atoms with E-state index < -0.39 is 0 Å². The molecule has 1 unspecified atom stereocenters. The number of carbonyl (C=O) groups excluding carboxylic acids is 1. The molecule has 0 aliphatic carbocycles. The van der Waals surface area contributed by atoms with Gasteiger partial charge in [-0.2, -0.15) is 0 Å². The monoisotopic (exact) mass is 382 g/mol. The molecule has 146 valence electrons. The van der Waals surface area contributed by atoms with Crippen LogP contribution in [0.15, 0.2) is 47.3 Å². The number of para-hydroxylation sites is 2. The third-order valence-electron chi connectivity index (χ3n) is 4.60. The van der Waals surface area contributed by atoms with Crippen LogP contribution in [0.25, 0.3) is 11.0 Å². The summed E-state index contributed by atoms with van der Waals surface area (Å²) >= 11 is 0. The van der Waals surface area contributed by atoms with Crippen molar-refractivity contribution < 1.29 is 14.3 Å². The molecule has 1 aliphatic heterocycles. The van der Waals surface area contributed by atoms with Gasteiger partial charge in [0.15, 0.2) is 11.5 Å². The number of hydrogen-bond acceptors (Lipinski definition) is 5. The number of anilines is 1. The number of aromatic nitrogens is 2. The quantitative estimate of drug-likeness (QED) is 0.605. The van der Waals surface area contributed by atoms with E-state index in [1.807, 2.05) is 36.2 Å². The normalized spacial score (nSPS) is 15.7. The fraction of sp³-hybridized carbons (Fsp3) is 0.300. The summed E-state index contributed by atoms with van der Waals surface area (Å²) in [6.45, 7) is 1.75. The van der Waals surface area contributed by atoms with Crippen LogP contribution in [0.1, 0.15) is 6.42 Å². The number of fused-ring (bicyclic) bond motifs is 2.